The quantitative estimate of drug-likeness (QED) is 0.0670. The number of hydrogen-bond acceptors (Lipinski definition) is 22. The lowest BCUT2D eigenvalue weighted by Crippen LogP contribution is -2.65. The lowest BCUT2D eigenvalue weighted by molar-refractivity contribution is -0.341. The predicted octanol–water partition coefficient (Wildman–Crippen LogP) is 0.585. The highest BCUT2D eigenvalue weighted by atomic mass is 16.7. The van der Waals surface area contributed by atoms with Gasteiger partial charge in [0.05, 0.1) is 68.0 Å². The minimum Gasteiger partial charge on any atom is -0.481 e. The maximum absolute atomic E-state index is 13.8. The zero-order valence-electron chi connectivity index (χ0n) is 46.1. The number of methoxy groups -OCH3 is 2. The van der Waals surface area contributed by atoms with Crippen LogP contribution in [-0.4, -0.2) is 231 Å². The Labute approximate surface area is 449 Å². The van der Waals surface area contributed by atoms with E-state index in [1.807, 2.05) is 19.9 Å². The van der Waals surface area contributed by atoms with Crippen molar-refractivity contribution in [3.05, 3.63) is 23.8 Å². The summed E-state index contributed by atoms with van der Waals surface area (Å²) in [6.45, 7) is 13.6. The summed E-state index contributed by atoms with van der Waals surface area (Å²) in [6, 6.07) is -0.748. The van der Waals surface area contributed by atoms with Crippen molar-refractivity contribution in [1.29, 1.82) is 0 Å². The highest BCUT2D eigenvalue weighted by molar-refractivity contribution is 5.92. The molecule has 0 radical (unpaired) electrons. The van der Waals surface area contributed by atoms with Gasteiger partial charge < -0.3 is 98.3 Å². The fourth-order valence-corrected chi connectivity index (χ4v) is 10.2. The first-order valence-electron chi connectivity index (χ1n) is 25.8. The van der Waals surface area contributed by atoms with E-state index in [0.29, 0.717) is 12.0 Å². The van der Waals surface area contributed by atoms with E-state index in [0.717, 1.165) is 6.29 Å². The third-order valence-electron chi connectivity index (χ3n) is 14.7. The molecule has 25 heteroatoms. The summed E-state index contributed by atoms with van der Waals surface area (Å²) in [4.78, 5) is 72.0. The molecule has 4 aliphatic heterocycles. The van der Waals surface area contributed by atoms with Crippen molar-refractivity contribution >= 4 is 35.9 Å². The maximum atomic E-state index is 13.8. The van der Waals surface area contributed by atoms with E-state index in [1.165, 1.54) is 27.2 Å². The molecule has 0 amide bonds. The summed E-state index contributed by atoms with van der Waals surface area (Å²) < 4.78 is 54.7. The van der Waals surface area contributed by atoms with Crippen molar-refractivity contribution in [2.75, 3.05) is 34.9 Å². The number of carbonyl (C=O) groups excluding carboxylic acids is 3. The van der Waals surface area contributed by atoms with Gasteiger partial charge in [-0.05, 0) is 73.5 Å². The number of aliphatic carboxylic acids is 3. The van der Waals surface area contributed by atoms with Crippen LogP contribution in [0.4, 0.5) is 0 Å². The van der Waals surface area contributed by atoms with E-state index < -0.39 is 176 Å². The number of likely N-dealkylation sites (N-methyl/N-ethyl adjacent to an activating group) is 1. The number of aliphatic hydroxyl groups excluding tert-OH is 4. The molecule has 25 nitrogen and oxygen atoms in total. The Hall–Kier alpha value is -3.90. The zero-order valence-corrected chi connectivity index (χ0v) is 46.1. The van der Waals surface area contributed by atoms with Crippen LogP contribution < -0.4 is 0 Å². The Balaban J connectivity index is 0.00000105. The maximum Gasteiger partial charge on any atom is 0.336 e. The van der Waals surface area contributed by atoms with Crippen LogP contribution in [-0.2, 0) is 71.4 Å². The minimum absolute atomic E-state index is 0.00788. The number of cyclic esters (lactones) is 1. The molecular formula is C52H85NO24. The highest BCUT2D eigenvalue weighted by Gasteiger charge is 2.52. The summed E-state index contributed by atoms with van der Waals surface area (Å²) in [5.74, 6) is -8.61. The Morgan fingerprint density at radius 2 is 1.43 bits per heavy atom. The lowest BCUT2D eigenvalue weighted by Gasteiger charge is -2.50. The molecule has 4 aliphatic rings. The topological polar surface area (TPSA) is 371 Å². The third kappa shape index (κ3) is 18.6. The fourth-order valence-electron chi connectivity index (χ4n) is 10.2. The van der Waals surface area contributed by atoms with Gasteiger partial charge in [-0.2, -0.15) is 0 Å². The van der Waals surface area contributed by atoms with Crippen LogP contribution in [0, 0.1) is 23.7 Å². The fraction of sp³-hybridized carbons (Fsp3) is 0.808. The number of esters is 1. The van der Waals surface area contributed by atoms with Crippen molar-refractivity contribution in [3.8, 4) is 0 Å². The molecule has 9 N–H and O–H groups in total. The second-order valence-corrected chi connectivity index (χ2v) is 21.2. The Bertz CT molecular complexity index is 1980. The average Bonchev–Trinajstić information content (AvgIpc) is 3.33. The second kappa shape index (κ2) is 30.1. The van der Waals surface area contributed by atoms with E-state index in [9.17, 15) is 54.3 Å². The highest BCUT2D eigenvalue weighted by Crippen LogP contribution is 2.38. The molecule has 0 aromatic heterocycles. The van der Waals surface area contributed by atoms with Crippen LogP contribution in [0.1, 0.15) is 100 Å². The molecule has 0 aliphatic carbocycles. The molecule has 442 valence electrons. The summed E-state index contributed by atoms with van der Waals surface area (Å²) in [5.41, 5.74) is -3.54. The average molecular weight is 1110 g/mol. The number of aldehydes is 1. The van der Waals surface area contributed by atoms with Crippen molar-refractivity contribution in [2.45, 2.75) is 210 Å². The zero-order chi connectivity index (χ0) is 58.4. The number of ether oxygens (including phenoxy) is 9. The number of carboxylic acid groups (broad SMARTS) is 3. The van der Waals surface area contributed by atoms with Gasteiger partial charge in [-0.25, -0.2) is 4.79 Å². The third-order valence-corrected chi connectivity index (χ3v) is 14.7. The van der Waals surface area contributed by atoms with Crippen LogP contribution >= 0.6 is 0 Å². The molecule has 21 atom stereocenters. The number of ketones is 1. The Morgan fingerprint density at radius 1 is 0.831 bits per heavy atom. The van der Waals surface area contributed by atoms with Crippen LogP contribution in [0.15, 0.2) is 23.8 Å². The number of nitrogens with zero attached hydrogens (tertiary/aromatic N) is 1. The second-order valence-electron chi connectivity index (χ2n) is 21.2. The summed E-state index contributed by atoms with van der Waals surface area (Å²) in [6.07, 6.45) is -10.8. The molecule has 0 saturated carbocycles. The predicted molar refractivity (Wildman–Crippen MR) is 267 cm³/mol. The molecule has 0 spiro atoms. The van der Waals surface area contributed by atoms with Gasteiger partial charge in [0.2, 0.25) is 0 Å². The first-order valence-corrected chi connectivity index (χ1v) is 25.8. The SMILES string of the molecule is CC[C@H]1OC(=O)C[C@@H](O)[C@H](C)[C@@H](O[C@@H]2O[C@H](C)[C@@H](O[C@H]3C[C@@](C)(O)[C@@H](O)[C@H](C)O3)[C@H](N(C)C)[C@H]2O)[C@@H](CC=O)C[C@@H](C)C(=O)/C=C/C(C)=C/C1CO[C@@H]1O[C@H](C)[C@@H](O)[C@@H](OC)[C@H]1OC.O=C(O)CC(O)(CC(=O)O)C(=O)O. The molecule has 77 heavy (non-hydrogen) atoms. The van der Waals surface area contributed by atoms with Crippen molar-refractivity contribution in [2.24, 2.45) is 23.7 Å². The van der Waals surface area contributed by atoms with E-state index in [1.54, 1.807) is 59.7 Å². The number of hydrogen-bond donors (Lipinski definition) is 9. The summed E-state index contributed by atoms with van der Waals surface area (Å²) in [7, 11) is 6.43. The Morgan fingerprint density at radius 3 is 1.95 bits per heavy atom. The molecule has 4 heterocycles. The summed E-state index contributed by atoms with van der Waals surface area (Å²) >= 11 is 0. The van der Waals surface area contributed by atoms with Crippen molar-refractivity contribution < 1.29 is 117 Å². The molecule has 3 saturated heterocycles. The van der Waals surface area contributed by atoms with Crippen LogP contribution in [0.3, 0.4) is 0 Å². The first kappa shape index (κ1) is 67.4. The molecule has 0 aromatic carbocycles. The van der Waals surface area contributed by atoms with Crippen LogP contribution in [0.25, 0.3) is 0 Å². The number of rotatable bonds is 18. The number of aliphatic hydroxyl groups is 6. The van der Waals surface area contributed by atoms with Gasteiger partial charge in [0.15, 0.2) is 30.3 Å². The smallest absolute Gasteiger partial charge is 0.336 e. The van der Waals surface area contributed by atoms with Gasteiger partial charge in [0, 0.05) is 44.8 Å². The van der Waals surface area contributed by atoms with Crippen LogP contribution in [0.2, 0.25) is 0 Å². The van der Waals surface area contributed by atoms with Crippen molar-refractivity contribution in [3.63, 3.8) is 0 Å². The molecule has 1 unspecified atom stereocenters. The number of carboxylic acids is 3. The van der Waals surface area contributed by atoms with Gasteiger partial charge in [0.1, 0.15) is 49.0 Å². The lowest BCUT2D eigenvalue weighted by atomic mass is 9.79. The standard InChI is InChI=1S/C46H77NO17.C6H8O7/c1-13-33-30(22-58-45-42(57-12)41(56-11)37(52)26(5)60-45)18-23(2)14-15-31(49)24(3)19-29(16-17-48)39(25(4)32(50)20-34(51)62-33)64-44-38(53)36(47(9)10)40(27(6)61-44)63-35-21-46(8,55)43(54)28(7)59-35;7-3(8)1-6(13,5(11)12)2-4(9)10/h14-15,17-18,24-30,32-33,35-45,50,52-55H,13,16,19-22H2,1-12H3;13H,1-2H2,(H,7,8)(H,9,10)(H,11,12)/b15-14+,23-18+;/t24-,25+,26-,27-,28+,29+,30?,32-,33-,35+,36-,37-,38-,39-,40-,41-,42-,43+,44+,45-,46-;/m1./s1. The number of allylic oxidation sites excluding steroid dienone is 3. The minimum atomic E-state index is -2.74. The largest absolute Gasteiger partial charge is 0.481 e. The normalized spacial score (nSPS) is 40.0. The van der Waals surface area contributed by atoms with Crippen LogP contribution in [0.5, 0.6) is 0 Å². The van der Waals surface area contributed by atoms with E-state index >= 15 is 0 Å². The monoisotopic (exact) mass is 1110 g/mol. The molecule has 3 fully saturated rings. The first-order chi connectivity index (χ1) is 35.9. The van der Waals surface area contributed by atoms with Crippen molar-refractivity contribution in [1.82, 2.24) is 4.90 Å². The van der Waals surface area contributed by atoms with Gasteiger partial charge in [-0.1, -0.05) is 38.5 Å². The molecule has 0 bridgehead atoms. The molecule has 0 aromatic rings. The number of carbonyl (C=O) groups is 6. The molecular weight excluding hydrogens is 1020 g/mol. The van der Waals surface area contributed by atoms with E-state index in [-0.39, 0.29) is 31.7 Å². The Kier molecular flexibility index (Phi) is 26.3. The van der Waals surface area contributed by atoms with E-state index in [4.69, 9.17) is 63.1 Å². The van der Waals surface area contributed by atoms with Gasteiger partial charge in [-0.3, -0.25) is 19.2 Å². The van der Waals surface area contributed by atoms with Gasteiger partial charge >= 0.3 is 23.9 Å². The van der Waals surface area contributed by atoms with Gasteiger partial charge in [0.25, 0.3) is 0 Å². The van der Waals surface area contributed by atoms with E-state index in [2.05, 4.69) is 0 Å². The molecule has 4 rings (SSSR count). The van der Waals surface area contributed by atoms with Gasteiger partial charge in [-0.15, -0.1) is 0 Å². The summed E-state index contributed by atoms with van der Waals surface area (Å²) in [5, 5.41) is 89.6.